The molecule has 1 heterocycles. The number of nitrogens with zero attached hydrogens (tertiary/aromatic N) is 2. The Morgan fingerprint density at radius 1 is 1.06 bits per heavy atom. The summed E-state index contributed by atoms with van der Waals surface area (Å²) < 4.78 is 42.9. The van der Waals surface area contributed by atoms with Crippen LogP contribution in [0.1, 0.15) is 12.5 Å². The molecule has 0 aliphatic carbocycles. The molecule has 2 aromatic rings. The fourth-order valence-electron chi connectivity index (χ4n) is 3.59. The van der Waals surface area contributed by atoms with Gasteiger partial charge in [0.1, 0.15) is 17.5 Å². The van der Waals surface area contributed by atoms with Crippen LogP contribution in [0.5, 0.6) is 11.5 Å². The molecule has 10 nitrogen and oxygen atoms in total. The minimum absolute atomic E-state index is 0.146. The van der Waals surface area contributed by atoms with Gasteiger partial charge in [0.2, 0.25) is 15.9 Å². The van der Waals surface area contributed by atoms with E-state index >= 15 is 0 Å². The molecule has 0 saturated carbocycles. The molecule has 1 atom stereocenters. The van der Waals surface area contributed by atoms with Crippen LogP contribution in [0, 0.1) is 0 Å². The summed E-state index contributed by atoms with van der Waals surface area (Å²) in [6, 6.07) is 12.4. The molecule has 11 heteroatoms. The molecular weight excluding hydrogens is 474 g/mol. The van der Waals surface area contributed by atoms with Gasteiger partial charge in [-0.1, -0.05) is 12.1 Å². The second-order valence-electron chi connectivity index (χ2n) is 7.94. The fraction of sp³-hybridized carbons (Fsp3) is 0.417. The molecular formula is C24H31N3O7S. The summed E-state index contributed by atoms with van der Waals surface area (Å²) >= 11 is 0. The normalized spacial score (nSPS) is 15.2. The molecule has 0 spiro atoms. The summed E-state index contributed by atoms with van der Waals surface area (Å²) in [6.45, 7) is 2.88. The first-order valence-electron chi connectivity index (χ1n) is 11.2. The minimum Gasteiger partial charge on any atom is -0.497 e. The van der Waals surface area contributed by atoms with E-state index in [0.29, 0.717) is 37.8 Å². The zero-order chi connectivity index (χ0) is 25.4. The lowest BCUT2D eigenvalue weighted by atomic mass is 10.1. The average molecular weight is 506 g/mol. The highest BCUT2D eigenvalue weighted by Crippen LogP contribution is 2.21. The van der Waals surface area contributed by atoms with E-state index in [9.17, 15) is 18.0 Å². The Morgan fingerprint density at radius 2 is 1.66 bits per heavy atom. The Balaban J connectivity index is 1.67. The summed E-state index contributed by atoms with van der Waals surface area (Å²) in [5, 5.41) is 2.56. The second-order valence-corrected chi connectivity index (χ2v) is 9.87. The van der Waals surface area contributed by atoms with Gasteiger partial charge in [0, 0.05) is 26.7 Å². The number of rotatable bonds is 10. The number of amides is 2. The molecule has 1 N–H and O–H groups in total. The number of nitrogens with one attached hydrogen (secondary N) is 1. The minimum atomic E-state index is -3.62. The quantitative estimate of drug-likeness (QED) is 0.517. The lowest BCUT2D eigenvalue weighted by molar-refractivity contribution is -0.142. The third-order valence-electron chi connectivity index (χ3n) is 5.72. The molecule has 1 fully saturated rings. The van der Waals surface area contributed by atoms with Gasteiger partial charge in [0.15, 0.2) is 6.61 Å². The van der Waals surface area contributed by atoms with Gasteiger partial charge < -0.3 is 24.4 Å². The van der Waals surface area contributed by atoms with E-state index in [1.807, 2.05) is 12.1 Å². The maximum absolute atomic E-state index is 13.0. The van der Waals surface area contributed by atoms with E-state index in [-0.39, 0.29) is 29.9 Å². The van der Waals surface area contributed by atoms with Crippen LogP contribution in [0.4, 0.5) is 0 Å². The number of carbonyl (C=O) groups excluding carboxylic acids is 2. The third kappa shape index (κ3) is 6.71. The van der Waals surface area contributed by atoms with Crippen molar-refractivity contribution < 1.29 is 32.2 Å². The van der Waals surface area contributed by atoms with Crippen LogP contribution in [0.25, 0.3) is 0 Å². The van der Waals surface area contributed by atoms with Gasteiger partial charge in [0.05, 0.1) is 25.2 Å². The highest BCUT2D eigenvalue weighted by atomic mass is 32.2. The van der Waals surface area contributed by atoms with Gasteiger partial charge in [-0.25, -0.2) is 8.42 Å². The molecule has 2 aromatic carbocycles. The van der Waals surface area contributed by atoms with Crippen LogP contribution in [-0.2, 0) is 30.9 Å². The summed E-state index contributed by atoms with van der Waals surface area (Å²) in [5.41, 5.74) is 0.826. The Hall–Kier alpha value is -3.15. The first kappa shape index (κ1) is 26.5. The monoisotopic (exact) mass is 505 g/mol. The van der Waals surface area contributed by atoms with Crippen molar-refractivity contribution in [1.82, 2.24) is 14.5 Å². The van der Waals surface area contributed by atoms with E-state index in [0.717, 1.165) is 5.56 Å². The second kappa shape index (κ2) is 12.0. The van der Waals surface area contributed by atoms with Gasteiger partial charge in [-0.2, -0.15) is 4.31 Å². The molecule has 0 bridgehead atoms. The van der Waals surface area contributed by atoms with Gasteiger partial charge in [-0.05, 0) is 48.9 Å². The molecule has 1 aliphatic rings. The molecule has 190 valence electrons. The zero-order valence-corrected chi connectivity index (χ0v) is 20.9. The zero-order valence-electron chi connectivity index (χ0n) is 20.1. The number of benzene rings is 2. The maximum Gasteiger partial charge on any atom is 0.261 e. The van der Waals surface area contributed by atoms with E-state index in [1.165, 1.54) is 40.5 Å². The SMILES string of the molecule is CNC(=O)[C@@H](C)N(Cc1ccc(OC)cc1)C(=O)COc1ccc(S(=O)(=O)N2CCOCC2)cc1. The smallest absolute Gasteiger partial charge is 0.261 e. The van der Waals surface area contributed by atoms with E-state index in [2.05, 4.69) is 5.32 Å². The number of sulfonamides is 1. The van der Waals surface area contributed by atoms with Crippen LogP contribution < -0.4 is 14.8 Å². The van der Waals surface area contributed by atoms with Crippen LogP contribution in [0.2, 0.25) is 0 Å². The highest BCUT2D eigenvalue weighted by Gasteiger charge is 2.27. The first-order valence-corrected chi connectivity index (χ1v) is 12.6. The average Bonchev–Trinajstić information content (AvgIpc) is 2.90. The number of likely N-dealkylation sites (N-methyl/N-ethyl adjacent to an activating group) is 1. The maximum atomic E-state index is 13.0. The van der Waals surface area contributed by atoms with E-state index in [4.69, 9.17) is 14.2 Å². The Labute approximate surface area is 205 Å². The topological polar surface area (TPSA) is 114 Å². The molecule has 0 radical (unpaired) electrons. The van der Waals surface area contributed by atoms with Gasteiger partial charge in [-0.15, -0.1) is 0 Å². The Morgan fingerprint density at radius 3 is 2.23 bits per heavy atom. The van der Waals surface area contributed by atoms with E-state index < -0.39 is 16.1 Å². The van der Waals surface area contributed by atoms with Crippen molar-refractivity contribution in [1.29, 1.82) is 0 Å². The number of methoxy groups -OCH3 is 1. The highest BCUT2D eigenvalue weighted by molar-refractivity contribution is 7.89. The number of hydrogen-bond donors (Lipinski definition) is 1. The van der Waals surface area contributed by atoms with Crippen LogP contribution >= 0.6 is 0 Å². The Kier molecular flexibility index (Phi) is 9.07. The van der Waals surface area contributed by atoms with Crippen LogP contribution in [0.3, 0.4) is 0 Å². The van der Waals surface area contributed by atoms with Gasteiger partial charge in [0.25, 0.3) is 5.91 Å². The van der Waals surface area contributed by atoms with Crippen molar-refractivity contribution in [3.63, 3.8) is 0 Å². The predicted molar refractivity (Wildman–Crippen MR) is 129 cm³/mol. The summed E-state index contributed by atoms with van der Waals surface area (Å²) in [7, 11) is -0.536. The lowest BCUT2D eigenvalue weighted by Gasteiger charge is -2.28. The third-order valence-corrected chi connectivity index (χ3v) is 7.63. The lowest BCUT2D eigenvalue weighted by Crippen LogP contribution is -2.48. The molecule has 2 amide bonds. The summed E-state index contributed by atoms with van der Waals surface area (Å²) in [6.07, 6.45) is 0. The van der Waals surface area contributed by atoms with Crippen molar-refractivity contribution in [2.75, 3.05) is 47.1 Å². The van der Waals surface area contributed by atoms with Crippen molar-refractivity contribution in [2.24, 2.45) is 0 Å². The molecule has 1 aliphatic heterocycles. The standard InChI is InChI=1S/C24H31N3O7S/c1-18(24(29)25-2)27(16-19-4-6-20(32-3)7-5-19)23(28)17-34-21-8-10-22(11-9-21)35(30,31)26-12-14-33-15-13-26/h4-11,18H,12-17H2,1-3H3,(H,25,29)/t18-/m1/s1. The first-order chi connectivity index (χ1) is 16.8. The number of carbonyl (C=O) groups is 2. The molecule has 0 unspecified atom stereocenters. The largest absolute Gasteiger partial charge is 0.497 e. The van der Waals surface area contributed by atoms with Crippen molar-refractivity contribution in [2.45, 2.75) is 24.4 Å². The molecule has 0 aromatic heterocycles. The Bertz CT molecular complexity index is 1100. The van der Waals surface area contributed by atoms with Crippen molar-refractivity contribution >= 4 is 21.8 Å². The van der Waals surface area contributed by atoms with Crippen LogP contribution in [0.15, 0.2) is 53.4 Å². The fourth-order valence-corrected chi connectivity index (χ4v) is 5.00. The number of ether oxygens (including phenoxy) is 3. The molecule has 1 saturated heterocycles. The van der Waals surface area contributed by atoms with Crippen LogP contribution in [-0.4, -0.2) is 82.5 Å². The van der Waals surface area contributed by atoms with Crippen molar-refractivity contribution in [3.05, 3.63) is 54.1 Å². The molecule has 3 rings (SSSR count). The predicted octanol–water partition coefficient (Wildman–Crippen LogP) is 1.26. The summed E-state index contributed by atoms with van der Waals surface area (Å²) in [4.78, 5) is 26.8. The number of morpholine rings is 1. The molecule has 35 heavy (non-hydrogen) atoms. The summed E-state index contributed by atoms with van der Waals surface area (Å²) in [5.74, 6) is 0.344. The van der Waals surface area contributed by atoms with Gasteiger partial charge in [-0.3, -0.25) is 9.59 Å². The van der Waals surface area contributed by atoms with Crippen molar-refractivity contribution in [3.8, 4) is 11.5 Å². The number of hydrogen-bond acceptors (Lipinski definition) is 7. The van der Waals surface area contributed by atoms with E-state index in [1.54, 1.807) is 26.2 Å². The van der Waals surface area contributed by atoms with Gasteiger partial charge >= 0.3 is 0 Å².